The Balaban J connectivity index is 1.65. The number of pyridine rings is 1. The van der Waals surface area contributed by atoms with E-state index in [0.717, 1.165) is 34.9 Å². The van der Waals surface area contributed by atoms with Crippen molar-refractivity contribution in [1.29, 1.82) is 5.26 Å². The number of rotatable bonds is 5. The molecule has 3 aromatic rings. The second kappa shape index (κ2) is 7.84. The predicted octanol–water partition coefficient (Wildman–Crippen LogP) is 4.38. The van der Waals surface area contributed by atoms with Gasteiger partial charge in [0.05, 0.1) is 11.2 Å². The number of anilines is 2. The lowest BCUT2D eigenvalue weighted by molar-refractivity contribution is -0.117. The van der Waals surface area contributed by atoms with Crippen LogP contribution in [0.1, 0.15) is 26.7 Å². The van der Waals surface area contributed by atoms with E-state index in [1.54, 1.807) is 26.1 Å². The highest BCUT2D eigenvalue weighted by atomic mass is 16.2. The topological polar surface area (TPSA) is 111 Å². The smallest absolute Gasteiger partial charge is 0.266 e. The number of aromatic nitrogens is 2. The predicted molar refractivity (Wildman–Crippen MR) is 116 cm³/mol. The number of para-hydroxylation sites is 1. The number of carbonyl (C=O) groups is 2. The molecule has 1 aromatic carbocycles. The summed E-state index contributed by atoms with van der Waals surface area (Å²) in [6.07, 6.45) is 5.38. The summed E-state index contributed by atoms with van der Waals surface area (Å²) in [5.74, 6) is 0.200. The first-order chi connectivity index (χ1) is 14.5. The van der Waals surface area contributed by atoms with Crippen molar-refractivity contribution >= 4 is 34.2 Å². The number of nitrogens with zero attached hydrogens (tertiary/aromatic N) is 2. The number of benzene rings is 1. The van der Waals surface area contributed by atoms with Crippen LogP contribution < -0.4 is 10.6 Å². The van der Waals surface area contributed by atoms with Crippen LogP contribution in [-0.4, -0.2) is 21.8 Å². The zero-order valence-corrected chi connectivity index (χ0v) is 16.7. The molecule has 150 valence electrons. The van der Waals surface area contributed by atoms with Crippen LogP contribution in [0.5, 0.6) is 0 Å². The van der Waals surface area contributed by atoms with Crippen molar-refractivity contribution in [3.63, 3.8) is 0 Å². The Kier molecular flexibility index (Phi) is 5.07. The van der Waals surface area contributed by atoms with Crippen LogP contribution >= 0.6 is 0 Å². The van der Waals surface area contributed by atoms with E-state index >= 15 is 0 Å². The molecule has 4 rings (SSSR count). The van der Waals surface area contributed by atoms with Crippen LogP contribution in [-0.2, 0) is 9.59 Å². The highest BCUT2D eigenvalue weighted by Gasteiger charge is 2.29. The molecule has 0 bridgehead atoms. The van der Waals surface area contributed by atoms with E-state index in [2.05, 4.69) is 20.6 Å². The number of fused-ring (bicyclic) bond motifs is 1. The van der Waals surface area contributed by atoms with E-state index in [0.29, 0.717) is 17.1 Å². The van der Waals surface area contributed by atoms with Gasteiger partial charge in [-0.1, -0.05) is 17.7 Å². The van der Waals surface area contributed by atoms with Gasteiger partial charge in [0.25, 0.3) is 5.91 Å². The minimum atomic E-state index is -0.435. The second-order valence-corrected chi connectivity index (χ2v) is 7.56. The number of hydrogen-bond acceptors (Lipinski definition) is 4. The number of H-pyrrole nitrogens is 1. The summed E-state index contributed by atoms with van der Waals surface area (Å²) in [4.78, 5) is 32.0. The van der Waals surface area contributed by atoms with Gasteiger partial charge in [0.15, 0.2) is 0 Å². The van der Waals surface area contributed by atoms with Gasteiger partial charge in [0.1, 0.15) is 17.5 Å². The van der Waals surface area contributed by atoms with E-state index in [1.807, 2.05) is 36.5 Å². The molecule has 30 heavy (non-hydrogen) atoms. The maximum absolute atomic E-state index is 12.5. The molecule has 1 aliphatic carbocycles. The molecule has 1 aliphatic rings. The molecule has 1 fully saturated rings. The van der Waals surface area contributed by atoms with Crippen LogP contribution in [0.4, 0.5) is 11.5 Å². The minimum Gasteiger partial charge on any atom is -0.359 e. The van der Waals surface area contributed by atoms with Crippen LogP contribution in [0, 0.1) is 17.2 Å². The van der Waals surface area contributed by atoms with E-state index < -0.39 is 5.91 Å². The Morgan fingerprint density at radius 3 is 2.70 bits per heavy atom. The summed E-state index contributed by atoms with van der Waals surface area (Å²) < 4.78 is 0. The van der Waals surface area contributed by atoms with Gasteiger partial charge in [0, 0.05) is 29.3 Å². The fourth-order valence-electron chi connectivity index (χ4n) is 3.31. The molecule has 0 aliphatic heterocycles. The number of allylic oxidation sites excluding steroid dienone is 1. The van der Waals surface area contributed by atoms with E-state index in [-0.39, 0.29) is 17.4 Å². The largest absolute Gasteiger partial charge is 0.359 e. The van der Waals surface area contributed by atoms with Crippen molar-refractivity contribution in [2.45, 2.75) is 26.7 Å². The van der Waals surface area contributed by atoms with Crippen molar-refractivity contribution in [2.24, 2.45) is 5.92 Å². The first-order valence-electron chi connectivity index (χ1n) is 9.74. The van der Waals surface area contributed by atoms with Crippen LogP contribution in [0.3, 0.4) is 0 Å². The van der Waals surface area contributed by atoms with Crippen LogP contribution in [0.2, 0.25) is 0 Å². The second-order valence-electron chi connectivity index (χ2n) is 7.56. The number of nitriles is 1. The Bertz CT molecular complexity index is 1220. The molecule has 7 nitrogen and oxygen atoms in total. The highest BCUT2D eigenvalue weighted by molar-refractivity contribution is 6.12. The Morgan fingerprint density at radius 1 is 1.20 bits per heavy atom. The summed E-state index contributed by atoms with van der Waals surface area (Å²) in [5, 5.41) is 15.8. The maximum Gasteiger partial charge on any atom is 0.266 e. The average molecular weight is 399 g/mol. The Morgan fingerprint density at radius 2 is 2.00 bits per heavy atom. The summed E-state index contributed by atoms with van der Waals surface area (Å²) in [6, 6.07) is 11.2. The molecule has 2 aromatic heterocycles. The van der Waals surface area contributed by atoms with E-state index in [9.17, 15) is 14.9 Å². The Labute approximate surface area is 173 Å². The third-order valence-electron chi connectivity index (χ3n) is 5.07. The Hall–Kier alpha value is -3.92. The lowest BCUT2D eigenvalue weighted by Gasteiger charge is -2.08. The number of carbonyl (C=O) groups excluding carboxylic acids is 2. The molecule has 2 amide bonds. The first-order valence-corrected chi connectivity index (χ1v) is 9.74. The third-order valence-corrected chi connectivity index (χ3v) is 5.07. The summed E-state index contributed by atoms with van der Waals surface area (Å²) >= 11 is 0. The van der Waals surface area contributed by atoms with Crippen LogP contribution in [0.25, 0.3) is 22.0 Å². The third kappa shape index (κ3) is 3.80. The summed E-state index contributed by atoms with van der Waals surface area (Å²) in [7, 11) is 0. The fraction of sp³-hybridized carbons (Fsp3) is 0.217. The van der Waals surface area contributed by atoms with Gasteiger partial charge >= 0.3 is 0 Å². The normalized spacial score (nSPS) is 12.8. The summed E-state index contributed by atoms with van der Waals surface area (Å²) in [5.41, 5.74) is 3.93. The minimum absolute atomic E-state index is 0.0103. The molecule has 0 unspecified atom stereocenters. The fourth-order valence-corrected chi connectivity index (χ4v) is 3.31. The molecule has 2 heterocycles. The standard InChI is InChI=1S/C23H21N5O2/c1-13(2)17(11-24)23(30)27-19-5-3-4-16-18(12-26-21(16)19)15-8-9-25-20(10-15)28-22(29)14-6-7-14/h3-5,8-10,12,14,26H,6-7H2,1-2H3,(H,27,30)(H,25,28,29). The lowest BCUT2D eigenvalue weighted by Crippen LogP contribution is -2.14. The first kappa shape index (κ1) is 19.4. The monoisotopic (exact) mass is 399 g/mol. The zero-order chi connectivity index (χ0) is 21.3. The molecule has 3 N–H and O–H groups in total. The molecular weight excluding hydrogens is 378 g/mol. The molecule has 0 saturated heterocycles. The van der Waals surface area contributed by atoms with Gasteiger partial charge < -0.3 is 15.6 Å². The van der Waals surface area contributed by atoms with Crippen molar-refractivity contribution in [1.82, 2.24) is 9.97 Å². The number of amides is 2. The lowest BCUT2D eigenvalue weighted by atomic mass is 10.0. The van der Waals surface area contributed by atoms with Gasteiger partial charge in [-0.15, -0.1) is 0 Å². The van der Waals surface area contributed by atoms with Gasteiger partial charge in [0.2, 0.25) is 5.91 Å². The van der Waals surface area contributed by atoms with Crippen molar-refractivity contribution in [2.75, 3.05) is 10.6 Å². The van der Waals surface area contributed by atoms with Crippen molar-refractivity contribution in [3.05, 3.63) is 53.9 Å². The number of nitrogens with one attached hydrogen (secondary N) is 3. The quantitative estimate of drug-likeness (QED) is 0.437. The zero-order valence-electron chi connectivity index (χ0n) is 16.7. The van der Waals surface area contributed by atoms with Crippen LogP contribution in [0.15, 0.2) is 53.9 Å². The van der Waals surface area contributed by atoms with Gasteiger partial charge in [-0.2, -0.15) is 5.26 Å². The molecule has 7 heteroatoms. The summed E-state index contributed by atoms with van der Waals surface area (Å²) in [6.45, 7) is 3.46. The molecular formula is C23H21N5O2. The molecule has 1 saturated carbocycles. The number of aromatic amines is 1. The van der Waals surface area contributed by atoms with Crippen molar-refractivity contribution < 1.29 is 9.59 Å². The molecule has 0 spiro atoms. The maximum atomic E-state index is 12.5. The van der Waals surface area contributed by atoms with Gasteiger partial charge in [-0.25, -0.2) is 4.98 Å². The molecule has 0 radical (unpaired) electrons. The molecule has 0 atom stereocenters. The average Bonchev–Trinajstić information content (AvgIpc) is 3.48. The number of hydrogen-bond donors (Lipinski definition) is 3. The van der Waals surface area contributed by atoms with Crippen molar-refractivity contribution in [3.8, 4) is 17.2 Å². The SMILES string of the molecule is CC(C)=C(C#N)C(=O)Nc1cccc2c(-c3ccnc(NC(=O)C4CC4)c3)c[nH]c12. The van der Waals surface area contributed by atoms with Gasteiger partial charge in [-0.3, -0.25) is 9.59 Å². The van der Waals surface area contributed by atoms with E-state index in [1.165, 1.54) is 0 Å². The van der Waals surface area contributed by atoms with Gasteiger partial charge in [-0.05, 0) is 50.5 Å². The highest BCUT2D eigenvalue weighted by Crippen LogP contribution is 2.34. The van der Waals surface area contributed by atoms with E-state index in [4.69, 9.17) is 0 Å².